The minimum Gasteiger partial charge on any atom is -0.466 e. The number of rotatable bonds is 4. The predicted octanol–water partition coefficient (Wildman–Crippen LogP) is 2.16. The van der Waals surface area contributed by atoms with Crippen LogP contribution in [0.1, 0.15) is 11.1 Å². The molecule has 116 valence electrons. The molecule has 0 bridgehead atoms. The van der Waals surface area contributed by atoms with Crippen LogP contribution in [0, 0.1) is 11.6 Å². The minimum atomic E-state index is -0.541. The van der Waals surface area contributed by atoms with Crippen molar-refractivity contribution >= 4 is 37.3 Å². The Bertz CT molecular complexity index is 788. The Morgan fingerprint density at radius 2 is 2.00 bits per heavy atom. The monoisotopic (exact) mass is 313 g/mol. The first-order chi connectivity index (χ1) is 11.0. The fraction of sp³-hybridized carbons (Fsp3) is 0.0588. The lowest BCUT2D eigenvalue weighted by molar-refractivity contribution is -0.134. The van der Waals surface area contributed by atoms with Gasteiger partial charge in [0.05, 0.1) is 12.8 Å². The number of nitrogens with zero attached hydrogens (tertiary/aromatic N) is 1. The number of halogens is 2. The molecule has 2 rings (SSSR count). The molecule has 2 aromatic carbocycles. The Labute approximate surface area is 133 Å². The van der Waals surface area contributed by atoms with Crippen LogP contribution >= 0.6 is 0 Å². The maximum absolute atomic E-state index is 13.7. The molecule has 0 unspecified atom stereocenters. The minimum absolute atomic E-state index is 0.312. The molecule has 6 heteroatoms. The number of hydrogen-bond donors (Lipinski definition) is 0. The normalized spacial score (nSPS) is 11.3. The summed E-state index contributed by atoms with van der Waals surface area (Å²) in [5.74, 6) is -1.44. The van der Waals surface area contributed by atoms with Crippen molar-refractivity contribution in [3.05, 3.63) is 65.2 Å². The first kappa shape index (κ1) is 16.6. The average Bonchev–Trinajstić information content (AvgIpc) is 2.51. The number of methoxy groups -OCH3 is 1. The maximum atomic E-state index is 13.7. The summed E-state index contributed by atoms with van der Waals surface area (Å²) < 4.78 is 31.8. The number of aliphatic imine (C=N–C) groups is 1. The molecule has 0 aliphatic carbocycles. The van der Waals surface area contributed by atoms with E-state index in [9.17, 15) is 13.6 Å². The Kier molecular flexibility index (Phi) is 5.41. The van der Waals surface area contributed by atoms with Gasteiger partial charge in [-0.1, -0.05) is 17.6 Å². The van der Waals surface area contributed by atoms with Gasteiger partial charge in [0.2, 0.25) is 0 Å². The van der Waals surface area contributed by atoms with Crippen molar-refractivity contribution in [1.29, 1.82) is 0 Å². The zero-order chi connectivity index (χ0) is 16.8. The van der Waals surface area contributed by atoms with E-state index in [1.54, 1.807) is 26.0 Å². The maximum Gasteiger partial charge on any atom is 0.330 e. The SMILES string of the molecule is Bc1ccc(/C=N\c2cc(F)cc(/C=C/C(=O)OC)c2)c(F)c1. The highest BCUT2D eigenvalue weighted by molar-refractivity contribution is 6.32. The number of ether oxygens (including phenoxy) is 1. The lowest BCUT2D eigenvalue weighted by Gasteiger charge is -2.00. The van der Waals surface area contributed by atoms with Crippen molar-refractivity contribution in [2.45, 2.75) is 0 Å². The summed E-state index contributed by atoms with van der Waals surface area (Å²) in [4.78, 5) is 15.1. The van der Waals surface area contributed by atoms with Crippen LogP contribution in [0.4, 0.5) is 14.5 Å². The van der Waals surface area contributed by atoms with Crippen LogP contribution in [-0.2, 0) is 9.53 Å². The van der Waals surface area contributed by atoms with Crippen molar-refractivity contribution < 1.29 is 18.3 Å². The van der Waals surface area contributed by atoms with E-state index in [1.165, 1.54) is 43.7 Å². The predicted molar refractivity (Wildman–Crippen MR) is 89.3 cm³/mol. The van der Waals surface area contributed by atoms with E-state index in [0.717, 1.165) is 5.46 Å². The van der Waals surface area contributed by atoms with Gasteiger partial charge in [-0.05, 0) is 35.9 Å². The second kappa shape index (κ2) is 7.49. The first-order valence-corrected chi connectivity index (χ1v) is 6.85. The molecule has 0 radical (unpaired) electrons. The Balaban J connectivity index is 2.26. The number of carbonyl (C=O) groups excluding carboxylic acids is 1. The third-order valence-electron chi connectivity index (χ3n) is 3.03. The molecule has 0 atom stereocenters. The van der Waals surface area contributed by atoms with Gasteiger partial charge in [-0.3, -0.25) is 4.99 Å². The molecular weight excluding hydrogens is 299 g/mol. The van der Waals surface area contributed by atoms with E-state index in [0.29, 0.717) is 16.8 Å². The molecule has 0 saturated carbocycles. The summed E-state index contributed by atoms with van der Waals surface area (Å²) in [5, 5.41) is 0. The quantitative estimate of drug-likeness (QED) is 0.375. The number of hydrogen-bond acceptors (Lipinski definition) is 3. The molecule has 2 aromatic rings. The van der Waals surface area contributed by atoms with E-state index in [-0.39, 0.29) is 0 Å². The van der Waals surface area contributed by atoms with E-state index in [2.05, 4.69) is 9.73 Å². The van der Waals surface area contributed by atoms with Crippen molar-refractivity contribution in [3.8, 4) is 0 Å². The Morgan fingerprint density at radius 3 is 2.70 bits per heavy atom. The Morgan fingerprint density at radius 1 is 1.22 bits per heavy atom. The first-order valence-electron chi connectivity index (χ1n) is 6.85. The smallest absolute Gasteiger partial charge is 0.330 e. The molecule has 0 N–H and O–H groups in total. The standard InChI is InChI=1S/C17H14BF2NO2/c1-23-17(22)5-2-11-6-14(19)9-15(7-11)21-10-12-3-4-13(18)8-16(12)20/h2-10H,18H2,1H3/b5-2+,21-10-. The zero-order valence-corrected chi connectivity index (χ0v) is 12.7. The lowest BCUT2D eigenvalue weighted by atomic mass is 9.95. The van der Waals surface area contributed by atoms with Gasteiger partial charge in [0.1, 0.15) is 19.5 Å². The highest BCUT2D eigenvalue weighted by Crippen LogP contribution is 2.18. The highest BCUT2D eigenvalue weighted by Gasteiger charge is 2.01. The largest absolute Gasteiger partial charge is 0.466 e. The summed E-state index contributed by atoms with van der Waals surface area (Å²) in [6, 6.07) is 8.82. The number of carbonyl (C=O) groups is 1. The Hall–Kier alpha value is -2.76. The van der Waals surface area contributed by atoms with E-state index < -0.39 is 17.6 Å². The third kappa shape index (κ3) is 4.88. The summed E-state index contributed by atoms with van der Waals surface area (Å²) >= 11 is 0. The highest BCUT2D eigenvalue weighted by atomic mass is 19.1. The van der Waals surface area contributed by atoms with Crippen molar-refractivity contribution in [3.63, 3.8) is 0 Å². The number of esters is 1. The van der Waals surface area contributed by atoms with E-state index in [4.69, 9.17) is 0 Å². The molecule has 0 amide bonds. The van der Waals surface area contributed by atoms with Crippen molar-refractivity contribution in [2.24, 2.45) is 4.99 Å². The molecule has 0 spiro atoms. The van der Waals surface area contributed by atoms with Crippen molar-refractivity contribution in [2.75, 3.05) is 7.11 Å². The molecule has 0 heterocycles. The summed E-state index contributed by atoms with van der Waals surface area (Å²) in [6.45, 7) is 0. The van der Waals surface area contributed by atoms with Gasteiger partial charge < -0.3 is 4.74 Å². The van der Waals surface area contributed by atoms with Crippen LogP contribution in [0.15, 0.2) is 47.5 Å². The van der Waals surface area contributed by atoms with Gasteiger partial charge >= 0.3 is 5.97 Å². The molecule has 0 aliphatic rings. The van der Waals surface area contributed by atoms with Gasteiger partial charge in [0, 0.05) is 17.9 Å². The lowest BCUT2D eigenvalue weighted by Crippen LogP contribution is -2.04. The van der Waals surface area contributed by atoms with Gasteiger partial charge in [0.25, 0.3) is 0 Å². The second-order valence-corrected chi connectivity index (χ2v) is 4.88. The van der Waals surface area contributed by atoms with Gasteiger partial charge in [0.15, 0.2) is 0 Å². The molecule has 23 heavy (non-hydrogen) atoms. The molecule has 0 fully saturated rings. The van der Waals surface area contributed by atoms with Crippen LogP contribution in [0.3, 0.4) is 0 Å². The average molecular weight is 313 g/mol. The molecule has 0 aliphatic heterocycles. The molecule has 3 nitrogen and oxygen atoms in total. The fourth-order valence-electron chi connectivity index (χ4n) is 1.88. The van der Waals surface area contributed by atoms with Crippen LogP contribution in [0.2, 0.25) is 0 Å². The van der Waals surface area contributed by atoms with Crippen LogP contribution in [0.25, 0.3) is 6.08 Å². The number of benzene rings is 2. The summed E-state index contributed by atoms with van der Waals surface area (Å²) in [7, 11) is 3.04. The molecule has 0 saturated heterocycles. The van der Waals surface area contributed by atoms with E-state index in [1.807, 2.05) is 0 Å². The van der Waals surface area contributed by atoms with E-state index >= 15 is 0 Å². The van der Waals surface area contributed by atoms with Crippen molar-refractivity contribution in [1.82, 2.24) is 0 Å². The molecule has 0 aromatic heterocycles. The fourth-order valence-corrected chi connectivity index (χ4v) is 1.88. The van der Waals surface area contributed by atoms with Gasteiger partial charge in [-0.2, -0.15) is 0 Å². The zero-order valence-electron chi connectivity index (χ0n) is 12.7. The summed E-state index contributed by atoms with van der Waals surface area (Å²) in [6.07, 6.45) is 3.93. The summed E-state index contributed by atoms with van der Waals surface area (Å²) in [5.41, 5.74) is 1.88. The molecular formula is C17H14BF2NO2. The van der Waals surface area contributed by atoms with Crippen LogP contribution in [-0.4, -0.2) is 27.1 Å². The van der Waals surface area contributed by atoms with Crippen LogP contribution in [0.5, 0.6) is 0 Å². The van der Waals surface area contributed by atoms with Gasteiger partial charge in [-0.15, -0.1) is 0 Å². The third-order valence-corrected chi connectivity index (χ3v) is 3.03. The van der Waals surface area contributed by atoms with Crippen LogP contribution < -0.4 is 5.46 Å². The second-order valence-electron chi connectivity index (χ2n) is 4.88. The topological polar surface area (TPSA) is 38.7 Å². The van der Waals surface area contributed by atoms with Gasteiger partial charge in [-0.25, -0.2) is 13.6 Å².